The fraction of sp³-hybridized carbons (Fsp3) is 0.150. The average Bonchev–Trinajstić information content (AvgIpc) is 3.85. The Balaban J connectivity index is 1.23. The SMILES string of the molecule is CC(C)(C)c1ccc2c(c1)c1cc(C(C)(C)C)ccc1n2-c1nc(-c2cccc(C(c3ccccc3)(c3ccccc3)c3ccccc3)c2)nc(-n2c3ccccc3c3ccccc32)n1. The van der Waals surface area contributed by atoms with Crippen LogP contribution >= 0.6 is 0 Å². The van der Waals surface area contributed by atoms with Crippen LogP contribution < -0.4 is 0 Å². The predicted molar refractivity (Wildman–Crippen MR) is 270 cm³/mol. The highest BCUT2D eigenvalue weighted by atomic mass is 15.3. The van der Waals surface area contributed by atoms with Gasteiger partial charge in [-0.25, -0.2) is 0 Å². The molecular weight excluding hydrogens is 791 g/mol. The molecule has 5 nitrogen and oxygen atoms in total. The number of fused-ring (bicyclic) bond motifs is 6. The first-order valence-corrected chi connectivity index (χ1v) is 22.6. The molecule has 0 amide bonds. The van der Waals surface area contributed by atoms with E-state index in [1.54, 1.807) is 0 Å². The molecule has 3 aromatic heterocycles. The van der Waals surface area contributed by atoms with E-state index in [0.717, 1.165) is 44.0 Å². The van der Waals surface area contributed by atoms with Gasteiger partial charge >= 0.3 is 0 Å². The number of nitrogens with zero attached hydrogens (tertiary/aromatic N) is 5. The summed E-state index contributed by atoms with van der Waals surface area (Å²) in [4.78, 5) is 16.5. The topological polar surface area (TPSA) is 48.5 Å². The summed E-state index contributed by atoms with van der Waals surface area (Å²) in [7, 11) is 0. The first-order valence-electron chi connectivity index (χ1n) is 22.6. The Kier molecular flexibility index (Phi) is 9.44. The summed E-state index contributed by atoms with van der Waals surface area (Å²) < 4.78 is 4.45. The molecule has 0 aliphatic heterocycles. The molecule has 0 radical (unpaired) electrons. The highest BCUT2D eigenvalue weighted by Crippen LogP contribution is 2.46. The van der Waals surface area contributed by atoms with Crippen molar-refractivity contribution < 1.29 is 0 Å². The van der Waals surface area contributed by atoms with Gasteiger partial charge in [-0.2, -0.15) is 15.0 Å². The molecule has 0 N–H and O–H groups in total. The number of para-hydroxylation sites is 2. The second-order valence-electron chi connectivity index (χ2n) is 19.4. The highest BCUT2D eigenvalue weighted by Gasteiger charge is 2.38. The average molecular weight is 842 g/mol. The van der Waals surface area contributed by atoms with Crippen LogP contribution in [0.4, 0.5) is 0 Å². The molecule has 0 bridgehead atoms. The van der Waals surface area contributed by atoms with Crippen LogP contribution in [-0.4, -0.2) is 24.1 Å². The zero-order valence-electron chi connectivity index (χ0n) is 37.8. The van der Waals surface area contributed by atoms with Gasteiger partial charge in [0.25, 0.3) is 0 Å². The largest absolute Gasteiger partial charge is 0.278 e. The minimum atomic E-state index is -0.645. The third-order valence-corrected chi connectivity index (χ3v) is 13.3. The molecule has 0 saturated carbocycles. The van der Waals surface area contributed by atoms with Crippen LogP contribution in [0, 0.1) is 0 Å². The second-order valence-corrected chi connectivity index (χ2v) is 19.4. The summed E-state index contributed by atoms with van der Waals surface area (Å²) in [6.07, 6.45) is 0. The van der Waals surface area contributed by atoms with Crippen molar-refractivity contribution in [2.45, 2.75) is 57.8 Å². The Morgan fingerprint density at radius 3 is 1.12 bits per heavy atom. The maximum atomic E-state index is 5.53. The van der Waals surface area contributed by atoms with Crippen molar-refractivity contribution >= 4 is 43.6 Å². The molecule has 11 aromatic rings. The van der Waals surface area contributed by atoms with Gasteiger partial charge in [-0.15, -0.1) is 0 Å². The number of hydrogen-bond donors (Lipinski definition) is 0. The molecule has 0 unspecified atom stereocenters. The highest BCUT2D eigenvalue weighted by molar-refractivity contribution is 6.10. The zero-order chi connectivity index (χ0) is 44.5. The number of benzene rings is 8. The second kappa shape index (κ2) is 15.3. The van der Waals surface area contributed by atoms with E-state index >= 15 is 0 Å². The van der Waals surface area contributed by atoms with Crippen LogP contribution in [0.2, 0.25) is 0 Å². The summed E-state index contributed by atoms with van der Waals surface area (Å²) in [5.41, 5.74) is 11.5. The van der Waals surface area contributed by atoms with E-state index in [2.05, 4.69) is 251 Å². The zero-order valence-corrected chi connectivity index (χ0v) is 37.8. The van der Waals surface area contributed by atoms with Gasteiger partial charge in [-0.1, -0.05) is 199 Å². The third kappa shape index (κ3) is 6.64. The van der Waals surface area contributed by atoms with Gasteiger partial charge in [0.15, 0.2) is 5.82 Å². The minimum absolute atomic E-state index is 0.0339. The standard InChI is InChI=1S/C60H51N5/c1-58(2,3)44-33-35-53-49(38-44)50-39-45(59(4,5)6)34-36-54(50)65(53)57-62-55(61-56(63-57)64-51-31-18-16-29-47(51)48-30-17-19-32-52(48)64)40-21-20-28-46(37-40)60(41-22-10-7-11-23-41,42-24-12-8-13-25-42)43-26-14-9-15-27-43/h7-39H,1-6H3. The number of aromatic nitrogens is 5. The van der Waals surface area contributed by atoms with E-state index in [9.17, 15) is 0 Å². The molecule has 11 rings (SSSR count). The molecular formula is C60H51N5. The van der Waals surface area contributed by atoms with Crippen molar-refractivity contribution in [3.05, 3.63) is 234 Å². The normalized spacial score (nSPS) is 12.5. The first kappa shape index (κ1) is 40.2. The summed E-state index contributed by atoms with van der Waals surface area (Å²) in [6, 6.07) is 72.2. The van der Waals surface area contributed by atoms with Gasteiger partial charge in [-0.3, -0.25) is 9.13 Å². The lowest BCUT2D eigenvalue weighted by Gasteiger charge is -2.37. The Bertz CT molecular complexity index is 3330. The molecule has 0 aliphatic carbocycles. The summed E-state index contributed by atoms with van der Waals surface area (Å²) in [5.74, 6) is 1.70. The summed E-state index contributed by atoms with van der Waals surface area (Å²) in [5, 5.41) is 4.65. The number of rotatable bonds is 7. The quantitative estimate of drug-likeness (QED) is 0.150. The van der Waals surface area contributed by atoms with E-state index < -0.39 is 5.41 Å². The van der Waals surface area contributed by atoms with E-state index in [-0.39, 0.29) is 10.8 Å². The fourth-order valence-electron chi connectivity index (χ4n) is 9.95. The lowest BCUT2D eigenvalue weighted by molar-refractivity contribution is 0.590. The van der Waals surface area contributed by atoms with Crippen molar-refractivity contribution in [2.24, 2.45) is 0 Å². The molecule has 65 heavy (non-hydrogen) atoms. The van der Waals surface area contributed by atoms with Gasteiger partial charge in [0.2, 0.25) is 11.9 Å². The predicted octanol–water partition coefficient (Wildman–Crippen LogP) is 14.7. The van der Waals surface area contributed by atoms with Crippen molar-refractivity contribution in [3.8, 4) is 23.3 Å². The van der Waals surface area contributed by atoms with Gasteiger partial charge in [0.1, 0.15) is 0 Å². The molecule has 3 heterocycles. The maximum Gasteiger partial charge on any atom is 0.240 e. The minimum Gasteiger partial charge on any atom is -0.278 e. The van der Waals surface area contributed by atoms with Crippen LogP contribution in [0.1, 0.15) is 74.9 Å². The smallest absolute Gasteiger partial charge is 0.240 e. The molecule has 0 spiro atoms. The Morgan fingerprint density at radius 2 is 0.692 bits per heavy atom. The fourth-order valence-corrected chi connectivity index (χ4v) is 9.95. The van der Waals surface area contributed by atoms with Crippen LogP contribution in [0.25, 0.3) is 66.9 Å². The van der Waals surface area contributed by atoms with E-state index in [4.69, 9.17) is 15.0 Å². The van der Waals surface area contributed by atoms with E-state index in [1.165, 1.54) is 38.6 Å². The lowest BCUT2D eigenvalue weighted by atomic mass is 9.65. The number of hydrogen-bond acceptors (Lipinski definition) is 3. The van der Waals surface area contributed by atoms with Crippen molar-refractivity contribution in [3.63, 3.8) is 0 Å². The van der Waals surface area contributed by atoms with Gasteiger partial charge < -0.3 is 0 Å². The summed E-state index contributed by atoms with van der Waals surface area (Å²) in [6.45, 7) is 13.7. The Morgan fingerprint density at radius 1 is 0.308 bits per heavy atom. The third-order valence-electron chi connectivity index (χ3n) is 13.3. The van der Waals surface area contributed by atoms with Crippen molar-refractivity contribution in [2.75, 3.05) is 0 Å². The van der Waals surface area contributed by atoms with Gasteiger partial charge in [0.05, 0.1) is 27.5 Å². The van der Waals surface area contributed by atoms with Crippen LogP contribution in [0.15, 0.2) is 200 Å². The Hall–Kier alpha value is -7.63. The molecule has 0 atom stereocenters. The van der Waals surface area contributed by atoms with Crippen LogP contribution in [0.5, 0.6) is 0 Å². The van der Waals surface area contributed by atoms with Crippen molar-refractivity contribution in [1.82, 2.24) is 24.1 Å². The molecule has 0 fully saturated rings. The van der Waals surface area contributed by atoms with E-state index in [0.29, 0.717) is 17.7 Å². The first-order chi connectivity index (χ1) is 31.5. The van der Waals surface area contributed by atoms with E-state index in [1.807, 2.05) is 0 Å². The molecule has 5 heteroatoms. The summed E-state index contributed by atoms with van der Waals surface area (Å²) >= 11 is 0. The molecule has 0 saturated heterocycles. The Labute approximate surface area is 380 Å². The monoisotopic (exact) mass is 841 g/mol. The van der Waals surface area contributed by atoms with Crippen molar-refractivity contribution in [1.29, 1.82) is 0 Å². The molecule has 316 valence electrons. The molecule has 0 aliphatic rings. The van der Waals surface area contributed by atoms with Crippen LogP contribution in [0.3, 0.4) is 0 Å². The van der Waals surface area contributed by atoms with Gasteiger partial charge in [0, 0.05) is 27.1 Å². The lowest BCUT2D eigenvalue weighted by Crippen LogP contribution is -2.31. The maximum absolute atomic E-state index is 5.53. The van der Waals surface area contributed by atoms with Crippen LogP contribution in [-0.2, 0) is 16.2 Å². The van der Waals surface area contributed by atoms with Gasteiger partial charge in [-0.05, 0) is 86.7 Å². The molecule has 8 aromatic carbocycles.